The summed E-state index contributed by atoms with van der Waals surface area (Å²) in [4.78, 5) is 42.8. The number of likely N-dealkylation sites (N-methyl/N-ethyl adjacent to an activating group) is 1. The molecule has 0 radical (unpaired) electrons. The molecular weight excluding hydrogens is 356 g/mol. The van der Waals surface area contributed by atoms with E-state index < -0.39 is 5.97 Å². The molecule has 0 bridgehead atoms. The van der Waals surface area contributed by atoms with Gasteiger partial charge in [0.2, 0.25) is 11.8 Å². The second-order valence-corrected chi connectivity index (χ2v) is 7.63. The Morgan fingerprint density at radius 3 is 2.85 bits per heavy atom. The molecule has 2 N–H and O–H groups in total. The molecule has 142 valence electrons. The van der Waals surface area contributed by atoms with E-state index in [9.17, 15) is 14.4 Å². The molecular formula is C17H24N4O4S. The standard InChI is InChI=1S/C17H24N4O4S/c1-2-20(9-16(24)25)13-6-11(7-13)18-14(22)8-12-10-26-17(19-12)21-5-3-4-15(21)23/h10-11,13H,2-9H2,1H3,(H,18,22)(H,24,25). The first kappa shape index (κ1) is 18.8. The van der Waals surface area contributed by atoms with Gasteiger partial charge < -0.3 is 10.4 Å². The highest BCUT2D eigenvalue weighted by Gasteiger charge is 2.34. The Kier molecular flexibility index (Phi) is 5.87. The minimum atomic E-state index is -0.824. The summed E-state index contributed by atoms with van der Waals surface area (Å²) in [5.74, 6) is -0.813. The number of nitrogens with zero attached hydrogens (tertiary/aromatic N) is 3. The highest BCUT2D eigenvalue weighted by atomic mass is 32.1. The van der Waals surface area contributed by atoms with E-state index in [0.717, 1.165) is 19.3 Å². The summed E-state index contributed by atoms with van der Waals surface area (Å²) in [7, 11) is 0. The first-order valence-electron chi connectivity index (χ1n) is 8.96. The van der Waals surface area contributed by atoms with Gasteiger partial charge in [-0.25, -0.2) is 4.98 Å². The van der Waals surface area contributed by atoms with Crippen molar-refractivity contribution in [2.75, 3.05) is 24.5 Å². The molecule has 8 nitrogen and oxygen atoms in total. The van der Waals surface area contributed by atoms with E-state index >= 15 is 0 Å². The molecule has 1 aromatic heterocycles. The highest BCUT2D eigenvalue weighted by Crippen LogP contribution is 2.27. The zero-order valence-electron chi connectivity index (χ0n) is 14.8. The van der Waals surface area contributed by atoms with Gasteiger partial charge in [0.1, 0.15) is 0 Å². The molecule has 2 amide bonds. The third-order valence-electron chi connectivity index (χ3n) is 4.92. The number of amides is 2. The summed E-state index contributed by atoms with van der Waals surface area (Å²) in [6.07, 6.45) is 3.17. The summed E-state index contributed by atoms with van der Waals surface area (Å²) in [6, 6.07) is 0.307. The van der Waals surface area contributed by atoms with Crippen molar-refractivity contribution in [3.05, 3.63) is 11.1 Å². The van der Waals surface area contributed by atoms with Gasteiger partial charge in [0.25, 0.3) is 0 Å². The first-order chi connectivity index (χ1) is 12.5. The number of carbonyl (C=O) groups is 3. The Labute approximate surface area is 156 Å². The largest absolute Gasteiger partial charge is 0.480 e. The molecule has 0 spiro atoms. The van der Waals surface area contributed by atoms with Gasteiger partial charge in [-0.05, 0) is 25.8 Å². The fourth-order valence-corrected chi connectivity index (χ4v) is 4.34. The second kappa shape index (κ2) is 8.13. The van der Waals surface area contributed by atoms with Crippen LogP contribution in [0.4, 0.5) is 5.13 Å². The van der Waals surface area contributed by atoms with Crippen LogP contribution in [0.2, 0.25) is 0 Å². The molecule has 1 aliphatic heterocycles. The van der Waals surface area contributed by atoms with Crippen LogP contribution in [0.5, 0.6) is 0 Å². The Balaban J connectivity index is 1.43. The number of hydrogen-bond donors (Lipinski definition) is 2. The minimum absolute atomic E-state index is 0.0403. The lowest BCUT2D eigenvalue weighted by atomic mass is 9.85. The summed E-state index contributed by atoms with van der Waals surface area (Å²) < 4.78 is 0. The molecule has 1 aromatic rings. The van der Waals surface area contributed by atoms with E-state index in [-0.39, 0.29) is 36.9 Å². The number of carbonyl (C=O) groups excluding carboxylic acids is 2. The molecule has 0 atom stereocenters. The van der Waals surface area contributed by atoms with Gasteiger partial charge in [0.05, 0.1) is 18.7 Å². The molecule has 1 saturated heterocycles. The van der Waals surface area contributed by atoms with Crippen LogP contribution in [-0.4, -0.2) is 64.5 Å². The van der Waals surface area contributed by atoms with Crippen LogP contribution < -0.4 is 10.2 Å². The van der Waals surface area contributed by atoms with Gasteiger partial charge >= 0.3 is 5.97 Å². The number of carboxylic acid groups (broad SMARTS) is 1. The van der Waals surface area contributed by atoms with Crippen LogP contribution in [0.15, 0.2) is 5.38 Å². The number of aromatic nitrogens is 1. The zero-order chi connectivity index (χ0) is 18.7. The van der Waals surface area contributed by atoms with Crippen LogP contribution >= 0.6 is 11.3 Å². The number of carboxylic acids is 1. The van der Waals surface area contributed by atoms with Crippen molar-refractivity contribution < 1.29 is 19.5 Å². The molecule has 0 unspecified atom stereocenters. The fraction of sp³-hybridized carbons (Fsp3) is 0.647. The smallest absolute Gasteiger partial charge is 0.317 e. The lowest BCUT2D eigenvalue weighted by Gasteiger charge is -2.42. The normalized spacial score (nSPS) is 22.5. The summed E-state index contributed by atoms with van der Waals surface area (Å²) >= 11 is 1.40. The Morgan fingerprint density at radius 1 is 1.46 bits per heavy atom. The molecule has 3 rings (SSSR count). The van der Waals surface area contributed by atoms with Crippen molar-refractivity contribution in [1.29, 1.82) is 0 Å². The molecule has 9 heteroatoms. The average molecular weight is 380 g/mol. The number of thiazole rings is 1. The van der Waals surface area contributed by atoms with Crippen molar-refractivity contribution in [3.63, 3.8) is 0 Å². The molecule has 2 fully saturated rings. The van der Waals surface area contributed by atoms with Crippen molar-refractivity contribution in [3.8, 4) is 0 Å². The summed E-state index contributed by atoms with van der Waals surface area (Å²) in [5.41, 5.74) is 0.680. The fourth-order valence-electron chi connectivity index (χ4n) is 3.47. The molecule has 1 aliphatic carbocycles. The second-order valence-electron chi connectivity index (χ2n) is 6.79. The van der Waals surface area contributed by atoms with Crippen LogP contribution in [0.25, 0.3) is 0 Å². The minimum Gasteiger partial charge on any atom is -0.480 e. The lowest BCUT2D eigenvalue weighted by molar-refractivity contribution is -0.139. The highest BCUT2D eigenvalue weighted by molar-refractivity contribution is 7.14. The predicted octanol–water partition coefficient (Wildman–Crippen LogP) is 0.866. The van der Waals surface area contributed by atoms with E-state index in [1.165, 1.54) is 11.3 Å². The van der Waals surface area contributed by atoms with E-state index in [0.29, 0.717) is 30.3 Å². The maximum Gasteiger partial charge on any atom is 0.317 e. The monoisotopic (exact) mass is 380 g/mol. The molecule has 0 aromatic carbocycles. The van der Waals surface area contributed by atoms with Crippen molar-refractivity contribution in [2.24, 2.45) is 0 Å². The maximum atomic E-state index is 12.2. The lowest BCUT2D eigenvalue weighted by Crippen LogP contribution is -2.55. The number of aliphatic carboxylic acids is 1. The van der Waals surface area contributed by atoms with Crippen LogP contribution in [0.1, 0.15) is 38.3 Å². The van der Waals surface area contributed by atoms with Crippen molar-refractivity contribution in [1.82, 2.24) is 15.2 Å². The van der Waals surface area contributed by atoms with Gasteiger partial charge in [-0.3, -0.25) is 24.2 Å². The van der Waals surface area contributed by atoms with Gasteiger partial charge in [-0.1, -0.05) is 6.92 Å². The molecule has 2 aliphatic rings. The van der Waals surface area contributed by atoms with E-state index in [1.54, 1.807) is 4.90 Å². The van der Waals surface area contributed by atoms with Crippen LogP contribution in [0, 0.1) is 0 Å². The Hall–Kier alpha value is -2.00. The molecule has 2 heterocycles. The summed E-state index contributed by atoms with van der Waals surface area (Å²) in [6.45, 7) is 3.37. The van der Waals surface area contributed by atoms with Gasteiger partial charge in [0.15, 0.2) is 5.13 Å². The SMILES string of the molecule is CCN(CC(=O)O)C1CC(NC(=O)Cc2csc(N3CCCC3=O)n2)C1. The Morgan fingerprint density at radius 2 is 2.23 bits per heavy atom. The van der Waals surface area contributed by atoms with E-state index in [2.05, 4.69) is 10.3 Å². The van der Waals surface area contributed by atoms with Gasteiger partial charge in [-0.2, -0.15) is 0 Å². The Bertz CT molecular complexity index is 686. The number of nitrogens with one attached hydrogen (secondary N) is 1. The zero-order valence-corrected chi connectivity index (χ0v) is 15.6. The van der Waals surface area contributed by atoms with Crippen LogP contribution in [-0.2, 0) is 20.8 Å². The van der Waals surface area contributed by atoms with E-state index in [1.807, 2.05) is 17.2 Å². The molecule has 1 saturated carbocycles. The van der Waals surface area contributed by atoms with E-state index in [4.69, 9.17) is 5.11 Å². The quantitative estimate of drug-likeness (QED) is 0.694. The predicted molar refractivity (Wildman–Crippen MR) is 97.2 cm³/mol. The maximum absolute atomic E-state index is 12.2. The number of rotatable bonds is 8. The van der Waals surface area contributed by atoms with Crippen molar-refractivity contribution in [2.45, 2.75) is 51.1 Å². The first-order valence-corrected chi connectivity index (χ1v) is 9.84. The topological polar surface area (TPSA) is 103 Å². The third kappa shape index (κ3) is 4.39. The van der Waals surface area contributed by atoms with Crippen molar-refractivity contribution >= 4 is 34.3 Å². The summed E-state index contributed by atoms with van der Waals surface area (Å²) in [5, 5.41) is 14.4. The van der Waals surface area contributed by atoms with Crippen LogP contribution in [0.3, 0.4) is 0 Å². The third-order valence-corrected chi connectivity index (χ3v) is 5.84. The van der Waals surface area contributed by atoms with Gasteiger partial charge in [-0.15, -0.1) is 11.3 Å². The number of hydrogen-bond acceptors (Lipinski definition) is 6. The molecule has 26 heavy (non-hydrogen) atoms. The number of anilines is 1. The van der Waals surface area contributed by atoms with Gasteiger partial charge in [0, 0.05) is 30.4 Å². The average Bonchev–Trinajstić information content (AvgIpc) is 3.17.